The maximum Gasteiger partial charge on any atom is 0.341 e. The molecule has 36 heavy (non-hydrogen) atoms. The number of thiophene rings is 1. The van der Waals surface area contributed by atoms with E-state index in [1.807, 2.05) is 48.9 Å². The van der Waals surface area contributed by atoms with Crippen LogP contribution in [0.25, 0.3) is 0 Å². The highest BCUT2D eigenvalue weighted by Crippen LogP contribution is 2.31. The molecular weight excluding hydrogens is 495 g/mol. The summed E-state index contributed by atoms with van der Waals surface area (Å²) in [5.74, 6) is -0.675. The molecule has 0 atom stereocenters. The zero-order valence-corrected chi connectivity index (χ0v) is 21.9. The Bertz CT molecular complexity index is 1380. The summed E-state index contributed by atoms with van der Waals surface area (Å²) < 4.78 is 20.7. The molecule has 0 saturated heterocycles. The van der Waals surface area contributed by atoms with Crippen molar-refractivity contribution in [3.63, 3.8) is 0 Å². The number of benzene rings is 2. The quantitative estimate of drug-likeness (QED) is 0.208. The van der Waals surface area contributed by atoms with E-state index < -0.39 is 5.97 Å². The zero-order chi connectivity index (χ0) is 25.7. The van der Waals surface area contributed by atoms with E-state index in [9.17, 15) is 9.18 Å². The molecule has 0 unspecified atom stereocenters. The lowest BCUT2D eigenvalue weighted by Crippen LogP contribution is -2.21. The number of anilines is 2. The molecule has 2 aromatic heterocycles. The first-order valence-electron chi connectivity index (χ1n) is 11.5. The van der Waals surface area contributed by atoms with Crippen LogP contribution in [0.1, 0.15) is 44.7 Å². The Morgan fingerprint density at radius 3 is 2.56 bits per heavy atom. The smallest absolute Gasteiger partial charge is 0.341 e. The lowest BCUT2D eigenvalue weighted by molar-refractivity contribution is 0.0528. The molecule has 0 aliphatic carbocycles. The van der Waals surface area contributed by atoms with E-state index in [2.05, 4.69) is 27.9 Å². The first-order chi connectivity index (χ1) is 17.3. The number of halogens is 1. The van der Waals surface area contributed by atoms with Gasteiger partial charge in [0, 0.05) is 11.3 Å². The minimum absolute atomic E-state index is 0.280. The van der Waals surface area contributed by atoms with E-state index in [0.717, 1.165) is 33.1 Å². The number of hydrogen-bond acceptors (Lipinski definition) is 5. The Hall–Kier alpha value is -3.56. The molecule has 0 aliphatic heterocycles. The molecule has 4 rings (SSSR count). The van der Waals surface area contributed by atoms with Crippen LogP contribution in [-0.2, 0) is 17.7 Å². The van der Waals surface area contributed by atoms with Crippen molar-refractivity contribution < 1.29 is 13.9 Å². The average Bonchev–Trinajstić information content (AvgIpc) is 3.35. The molecule has 9 heteroatoms. The van der Waals surface area contributed by atoms with E-state index in [0.29, 0.717) is 28.6 Å². The molecule has 0 amide bonds. The van der Waals surface area contributed by atoms with Crippen LogP contribution in [0.3, 0.4) is 0 Å². The van der Waals surface area contributed by atoms with Crippen LogP contribution in [-0.4, -0.2) is 27.5 Å². The number of carbonyl (C=O) groups excluding carboxylic acids is 1. The van der Waals surface area contributed by atoms with Gasteiger partial charge in [0.1, 0.15) is 10.8 Å². The molecule has 0 bridgehead atoms. The summed E-state index contributed by atoms with van der Waals surface area (Å²) in [5.41, 5.74) is 4.81. The van der Waals surface area contributed by atoms with Crippen molar-refractivity contribution in [2.75, 3.05) is 17.2 Å². The molecule has 2 N–H and O–H groups in total. The van der Waals surface area contributed by atoms with Gasteiger partial charge in [0.15, 0.2) is 5.11 Å². The topological polar surface area (TPSA) is 68.2 Å². The Morgan fingerprint density at radius 1 is 1.08 bits per heavy atom. The van der Waals surface area contributed by atoms with Crippen molar-refractivity contribution in [2.45, 2.75) is 33.7 Å². The SMILES string of the molecule is CCOC(=O)c1cc(Cc2ccccc2)sc1NC(=S)Nc1c(C)nn(Cc2cccc(F)c2)c1C. The molecule has 0 saturated carbocycles. The number of hydrogen-bond donors (Lipinski definition) is 2. The average molecular weight is 523 g/mol. The Balaban J connectivity index is 1.51. The van der Waals surface area contributed by atoms with E-state index in [-0.39, 0.29) is 12.4 Å². The fourth-order valence-electron chi connectivity index (χ4n) is 3.87. The largest absolute Gasteiger partial charge is 0.462 e. The third-order valence-corrected chi connectivity index (χ3v) is 6.82. The van der Waals surface area contributed by atoms with Crippen LogP contribution < -0.4 is 10.6 Å². The second kappa shape index (κ2) is 11.5. The molecule has 2 aromatic carbocycles. The highest BCUT2D eigenvalue weighted by Gasteiger charge is 2.20. The van der Waals surface area contributed by atoms with Gasteiger partial charge < -0.3 is 15.4 Å². The van der Waals surface area contributed by atoms with Gasteiger partial charge in [-0.3, -0.25) is 4.68 Å². The Kier molecular flexibility index (Phi) is 8.12. The van der Waals surface area contributed by atoms with Gasteiger partial charge in [0.05, 0.1) is 35.8 Å². The number of aromatic nitrogens is 2. The Labute approximate surface area is 219 Å². The number of rotatable bonds is 8. The molecule has 4 aromatic rings. The highest BCUT2D eigenvalue weighted by atomic mass is 32.1. The number of nitrogens with one attached hydrogen (secondary N) is 2. The predicted octanol–water partition coefficient (Wildman–Crippen LogP) is 6.33. The van der Waals surface area contributed by atoms with Gasteiger partial charge >= 0.3 is 5.97 Å². The lowest BCUT2D eigenvalue weighted by atomic mass is 10.1. The van der Waals surface area contributed by atoms with E-state index in [4.69, 9.17) is 17.0 Å². The summed E-state index contributed by atoms with van der Waals surface area (Å²) in [6, 6.07) is 18.4. The maximum absolute atomic E-state index is 13.6. The van der Waals surface area contributed by atoms with Crippen molar-refractivity contribution in [1.29, 1.82) is 0 Å². The van der Waals surface area contributed by atoms with E-state index in [1.165, 1.54) is 23.5 Å². The van der Waals surface area contributed by atoms with Crippen LogP contribution >= 0.6 is 23.6 Å². The summed E-state index contributed by atoms with van der Waals surface area (Å²) in [6.45, 7) is 6.31. The van der Waals surface area contributed by atoms with Crippen LogP contribution in [0, 0.1) is 19.7 Å². The Morgan fingerprint density at radius 2 is 1.83 bits per heavy atom. The summed E-state index contributed by atoms with van der Waals surface area (Å²) >= 11 is 7.06. The third kappa shape index (κ3) is 6.16. The molecule has 0 spiro atoms. The summed E-state index contributed by atoms with van der Waals surface area (Å²) in [5, 5.41) is 11.9. The molecular formula is C27H27FN4O2S2. The van der Waals surface area contributed by atoms with Gasteiger partial charge in [-0.2, -0.15) is 5.10 Å². The van der Waals surface area contributed by atoms with Gasteiger partial charge in [0.25, 0.3) is 0 Å². The monoisotopic (exact) mass is 522 g/mol. The standard InChI is InChI=1S/C27H27FN4O2S2/c1-4-34-26(33)23-15-22(14-19-9-6-5-7-10-19)36-25(23)30-27(35)29-24-17(2)31-32(18(24)3)16-20-11-8-12-21(28)13-20/h5-13,15H,4,14,16H2,1-3H3,(H2,29,30,35). The molecule has 0 fully saturated rings. The lowest BCUT2D eigenvalue weighted by Gasteiger charge is -2.11. The van der Waals surface area contributed by atoms with Crippen LogP contribution in [0.15, 0.2) is 60.7 Å². The van der Waals surface area contributed by atoms with Crippen molar-refractivity contribution in [2.24, 2.45) is 0 Å². The number of thiocarbonyl (C=S) groups is 1. The van der Waals surface area contributed by atoms with Crippen LogP contribution in [0.5, 0.6) is 0 Å². The predicted molar refractivity (Wildman–Crippen MR) is 147 cm³/mol. The summed E-state index contributed by atoms with van der Waals surface area (Å²) in [4.78, 5) is 13.6. The van der Waals surface area contributed by atoms with E-state index >= 15 is 0 Å². The number of aryl methyl sites for hydroxylation is 1. The summed E-state index contributed by atoms with van der Waals surface area (Å²) in [6.07, 6.45) is 0.699. The molecule has 2 heterocycles. The van der Waals surface area contributed by atoms with Crippen molar-refractivity contribution >= 4 is 45.3 Å². The van der Waals surface area contributed by atoms with Gasteiger partial charge in [-0.15, -0.1) is 11.3 Å². The van der Waals surface area contributed by atoms with Crippen LogP contribution in [0.2, 0.25) is 0 Å². The van der Waals surface area contributed by atoms with E-state index in [1.54, 1.807) is 13.0 Å². The second-order valence-electron chi connectivity index (χ2n) is 8.25. The fraction of sp³-hybridized carbons (Fsp3) is 0.222. The number of esters is 1. The molecule has 6 nitrogen and oxygen atoms in total. The summed E-state index contributed by atoms with van der Waals surface area (Å²) in [7, 11) is 0. The van der Waals surface area contributed by atoms with Crippen molar-refractivity contribution in [3.05, 3.63) is 99.4 Å². The molecule has 0 aliphatic rings. The normalized spacial score (nSPS) is 10.8. The van der Waals surface area contributed by atoms with Gasteiger partial charge in [0.2, 0.25) is 0 Å². The maximum atomic E-state index is 13.6. The first kappa shape index (κ1) is 25.5. The number of ether oxygens (including phenoxy) is 1. The zero-order valence-electron chi connectivity index (χ0n) is 20.3. The van der Waals surface area contributed by atoms with Crippen molar-refractivity contribution in [3.8, 4) is 0 Å². The highest BCUT2D eigenvalue weighted by molar-refractivity contribution is 7.80. The minimum atomic E-state index is -0.395. The van der Waals surface area contributed by atoms with Crippen molar-refractivity contribution in [1.82, 2.24) is 9.78 Å². The van der Waals surface area contributed by atoms with Gasteiger partial charge in [-0.05, 0) is 62.3 Å². The fourth-order valence-corrected chi connectivity index (χ4v) is 5.22. The van der Waals surface area contributed by atoms with Gasteiger partial charge in [-0.25, -0.2) is 9.18 Å². The molecule has 0 radical (unpaired) electrons. The van der Waals surface area contributed by atoms with Gasteiger partial charge in [-0.1, -0.05) is 42.5 Å². The number of carbonyl (C=O) groups is 1. The number of nitrogens with zero attached hydrogens (tertiary/aromatic N) is 2. The third-order valence-electron chi connectivity index (χ3n) is 5.57. The molecule has 186 valence electrons. The minimum Gasteiger partial charge on any atom is -0.462 e. The van der Waals surface area contributed by atoms with Crippen LogP contribution in [0.4, 0.5) is 15.1 Å². The second-order valence-corrected chi connectivity index (χ2v) is 9.80. The first-order valence-corrected chi connectivity index (χ1v) is 12.8.